The summed E-state index contributed by atoms with van der Waals surface area (Å²) < 4.78 is 10.4. The number of amides is 1. The Morgan fingerprint density at radius 2 is 1.96 bits per heavy atom. The summed E-state index contributed by atoms with van der Waals surface area (Å²) in [6.45, 7) is 1.80. The lowest BCUT2D eigenvalue weighted by Crippen LogP contribution is -2.38. The van der Waals surface area contributed by atoms with Gasteiger partial charge in [-0.05, 0) is 24.6 Å². The number of fused-ring (bicyclic) bond motifs is 1. The van der Waals surface area contributed by atoms with E-state index in [1.807, 2.05) is 30.1 Å². The first-order valence-corrected chi connectivity index (χ1v) is 7.89. The highest BCUT2D eigenvalue weighted by Crippen LogP contribution is 2.23. The lowest BCUT2D eigenvalue weighted by molar-refractivity contribution is -0.145. The summed E-state index contributed by atoms with van der Waals surface area (Å²) in [7, 11) is 3.22. The first kappa shape index (κ1) is 15.8. The van der Waals surface area contributed by atoms with Gasteiger partial charge in [-0.2, -0.15) is 0 Å². The third kappa shape index (κ3) is 3.32. The Balaban J connectivity index is 1.57. The monoisotopic (exact) mass is 318 g/mol. The van der Waals surface area contributed by atoms with E-state index in [1.54, 1.807) is 4.90 Å². The van der Waals surface area contributed by atoms with E-state index in [0.717, 1.165) is 6.42 Å². The Morgan fingerprint density at radius 3 is 2.70 bits per heavy atom. The molecule has 0 bridgehead atoms. The van der Waals surface area contributed by atoms with Crippen LogP contribution < -0.4 is 0 Å². The zero-order valence-corrected chi connectivity index (χ0v) is 13.5. The number of hydrogen-bond donors (Lipinski definition) is 0. The van der Waals surface area contributed by atoms with Crippen molar-refractivity contribution in [2.45, 2.75) is 31.5 Å². The van der Waals surface area contributed by atoms with Crippen LogP contribution in [0.1, 0.15) is 17.5 Å². The maximum atomic E-state index is 12.4. The van der Waals surface area contributed by atoms with Crippen LogP contribution in [0.3, 0.4) is 0 Å². The van der Waals surface area contributed by atoms with Gasteiger partial charge in [-0.3, -0.25) is 9.69 Å². The average molecular weight is 318 g/mol. The van der Waals surface area contributed by atoms with Crippen molar-refractivity contribution < 1.29 is 19.1 Å². The molecule has 1 aromatic rings. The number of methoxy groups -OCH3 is 1. The standard InChI is InChI=1S/C17H22N2O4/c1-18-11-14(9-15(18)16(20)22-2)23-17(21)19-8-7-12-5-3-4-6-13(12)10-19/h3-6,14-15H,7-11H2,1-2H3/t14-,15+/m1/s1. The molecule has 0 aliphatic carbocycles. The zero-order chi connectivity index (χ0) is 16.4. The van der Waals surface area contributed by atoms with Crippen molar-refractivity contribution >= 4 is 12.1 Å². The molecule has 2 atom stereocenters. The van der Waals surface area contributed by atoms with Gasteiger partial charge < -0.3 is 14.4 Å². The SMILES string of the molecule is COC(=O)[C@@H]1C[C@@H](OC(=O)N2CCc3ccccc3C2)CN1C. The molecule has 1 aromatic carbocycles. The molecule has 0 N–H and O–H groups in total. The Labute approximate surface area is 136 Å². The molecule has 23 heavy (non-hydrogen) atoms. The molecule has 0 aromatic heterocycles. The van der Waals surface area contributed by atoms with Crippen molar-refractivity contribution in [2.24, 2.45) is 0 Å². The van der Waals surface area contributed by atoms with Crippen LogP contribution >= 0.6 is 0 Å². The van der Waals surface area contributed by atoms with E-state index >= 15 is 0 Å². The van der Waals surface area contributed by atoms with Crippen LogP contribution in [0.2, 0.25) is 0 Å². The van der Waals surface area contributed by atoms with Gasteiger partial charge in [-0.1, -0.05) is 24.3 Å². The van der Waals surface area contributed by atoms with Gasteiger partial charge in [0.05, 0.1) is 7.11 Å². The van der Waals surface area contributed by atoms with Gasteiger partial charge in [0.25, 0.3) is 0 Å². The number of carbonyl (C=O) groups is 2. The van der Waals surface area contributed by atoms with Crippen LogP contribution in [0, 0.1) is 0 Å². The fourth-order valence-corrected chi connectivity index (χ4v) is 3.32. The molecule has 1 saturated heterocycles. The second-order valence-corrected chi connectivity index (χ2v) is 6.16. The second kappa shape index (κ2) is 6.58. The van der Waals surface area contributed by atoms with Crippen molar-refractivity contribution in [1.82, 2.24) is 9.80 Å². The first-order valence-electron chi connectivity index (χ1n) is 7.89. The summed E-state index contributed by atoms with van der Waals surface area (Å²) in [6, 6.07) is 7.82. The predicted octanol–water partition coefficient (Wildman–Crippen LogP) is 1.43. The zero-order valence-electron chi connectivity index (χ0n) is 13.5. The van der Waals surface area contributed by atoms with E-state index in [-0.39, 0.29) is 24.2 Å². The molecule has 2 aliphatic rings. The molecule has 0 radical (unpaired) electrons. The summed E-state index contributed by atoms with van der Waals surface area (Å²) >= 11 is 0. The molecule has 1 amide bonds. The minimum atomic E-state index is -0.333. The Bertz CT molecular complexity index is 604. The molecule has 1 fully saturated rings. The van der Waals surface area contributed by atoms with E-state index < -0.39 is 0 Å². The second-order valence-electron chi connectivity index (χ2n) is 6.16. The van der Waals surface area contributed by atoms with Gasteiger partial charge >= 0.3 is 12.1 Å². The molecule has 6 heteroatoms. The molecule has 0 spiro atoms. The minimum Gasteiger partial charge on any atom is -0.468 e. The highest BCUT2D eigenvalue weighted by Gasteiger charge is 2.38. The van der Waals surface area contributed by atoms with Gasteiger partial charge in [-0.15, -0.1) is 0 Å². The number of rotatable bonds is 2. The molecule has 0 saturated carbocycles. The fraction of sp³-hybridized carbons (Fsp3) is 0.529. The van der Waals surface area contributed by atoms with E-state index in [9.17, 15) is 9.59 Å². The fourth-order valence-electron chi connectivity index (χ4n) is 3.32. The Hall–Kier alpha value is -2.08. The summed E-state index contributed by atoms with van der Waals surface area (Å²) in [6.07, 6.45) is 0.761. The molecule has 0 unspecified atom stereocenters. The van der Waals surface area contributed by atoms with Crippen LogP contribution in [0.4, 0.5) is 4.79 Å². The highest BCUT2D eigenvalue weighted by atomic mass is 16.6. The van der Waals surface area contributed by atoms with Crippen LogP contribution in [-0.2, 0) is 27.2 Å². The van der Waals surface area contributed by atoms with Gasteiger partial charge in [-0.25, -0.2) is 4.79 Å². The number of carbonyl (C=O) groups excluding carboxylic acids is 2. The normalized spacial score (nSPS) is 24.2. The van der Waals surface area contributed by atoms with Crippen molar-refractivity contribution in [3.05, 3.63) is 35.4 Å². The number of benzene rings is 1. The third-order valence-corrected chi connectivity index (χ3v) is 4.64. The number of ether oxygens (including phenoxy) is 2. The average Bonchev–Trinajstić information content (AvgIpc) is 2.94. The van der Waals surface area contributed by atoms with E-state index in [2.05, 4.69) is 6.07 Å². The Morgan fingerprint density at radius 1 is 1.22 bits per heavy atom. The van der Waals surface area contributed by atoms with Crippen molar-refractivity contribution in [3.8, 4) is 0 Å². The van der Waals surface area contributed by atoms with Crippen LogP contribution in [0.15, 0.2) is 24.3 Å². The predicted molar refractivity (Wildman–Crippen MR) is 83.9 cm³/mol. The number of esters is 1. The molecular weight excluding hydrogens is 296 g/mol. The van der Waals surface area contributed by atoms with Crippen molar-refractivity contribution in [2.75, 3.05) is 27.2 Å². The van der Waals surface area contributed by atoms with Crippen molar-refractivity contribution in [1.29, 1.82) is 0 Å². The molecular formula is C17H22N2O4. The first-order chi connectivity index (χ1) is 11.1. The smallest absolute Gasteiger partial charge is 0.410 e. The number of nitrogens with zero attached hydrogens (tertiary/aromatic N) is 2. The topological polar surface area (TPSA) is 59.1 Å². The lowest BCUT2D eigenvalue weighted by atomic mass is 10.0. The summed E-state index contributed by atoms with van der Waals surface area (Å²) in [4.78, 5) is 27.7. The van der Waals surface area contributed by atoms with Gasteiger partial charge in [0.1, 0.15) is 12.1 Å². The third-order valence-electron chi connectivity index (χ3n) is 4.64. The number of hydrogen-bond acceptors (Lipinski definition) is 5. The summed E-state index contributed by atoms with van der Waals surface area (Å²) in [5, 5.41) is 0. The van der Waals surface area contributed by atoms with Crippen molar-refractivity contribution in [3.63, 3.8) is 0 Å². The summed E-state index contributed by atoms with van der Waals surface area (Å²) in [5.41, 5.74) is 2.47. The van der Waals surface area contributed by atoms with Crippen LogP contribution in [0.5, 0.6) is 0 Å². The number of likely N-dealkylation sites (N-methyl/N-ethyl adjacent to an activating group) is 1. The largest absolute Gasteiger partial charge is 0.468 e. The number of likely N-dealkylation sites (tertiary alicyclic amines) is 1. The molecule has 2 heterocycles. The van der Waals surface area contributed by atoms with E-state index in [0.29, 0.717) is 26.1 Å². The van der Waals surface area contributed by atoms with Gasteiger partial charge in [0, 0.05) is 26.1 Å². The Kier molecular flexibility index (Phi) is 4.52. The van der Waals surface area contributed by atoms with E-state index in [1.165, 1.54) is 18.2 Å². The van der Waals surface area contributed by atoms with Crippen LogP contribution in [-0.4, -0.2) is 61.3 Å². The maximum absolute atomic E-state index is 12.4. The molecule has 2 aliphatic heterocycles. The molecule has 3 rings (SSSR count). The minimum absolute atomic E-state index is 0.270. The highest BCUT2D eigenvalue weighted by molar-refractivity contribution is 5.76. The molecule has 124 valence electrons. The molecule has 6 nitrogen and oxygen atoms in total. The van der Waals surface area contributed by atoms with Gasteiger partial charge in [0.2, 0.25) is 0 Å². The van der Waals surface area contributed by atoms with E-state index in [4.69, 9.17) is 9.47 Å². The maximum Gasteiger partial charge on any atom is 0.410 e. The van der Waals surface area contributed by atoms with Crippen LogP contribution in [0.25, 0.3) is 0 Å². The van der Waals surface area contributed by atoms with Gasteiger partial charge in [0.15, 0.2) is 0 Å². The summed E-state index contributed by atoms with van der Waals surface area (Å²) in [5.74, 6) is -0.280. The quantitative estimate of drug-likeness (QED) is 0.772. The lowest BCUT2D eigenvalue weighted by Gasteiger charge is -2.29.